The molecule has 2 amide bonds. The van der Waals surface area contributed by atoms with E-state index in [2.05, 4.69) is 10.6 Å². The zero-order chi connectivity index (χ0) is 19.9. The monoisotopic (exact) mass is 414 g/mol. The zero-order valence-electron chi connectivity index (χ0n) is 15.1. The number of thiophene rings is 1. The molecule has 1 unspecified atom stereocenters. The first-order chi connectivity index (χ1) is 13.5. The average molecular weight is 415 g/mol. The molecule has 1 aromatic heterocycles. The second-order valence-corrected chi connectivity index (χ2v) is 7.47. The van der Waals surface area contributed by atoms with E-state index in [1.807, 2.05) is 42.6 Å². The van der Waals surface area contributed by atoms with Gasteiger partial charge >= 0.3 is 0 Å². The summed E-state index contributed by atoms with van der Waals surface area (Å²) in [5.74, 6) is -0.349. The Morgan fingerprint density at radius 2 is 1.89 bits per heavy atom. The minimum Gasteiger partial charge on any atom is -0.483 e. The summed E-state index contributed by atoms with van der Waals surface area (Å²) in [5.41, 5.74) is 0.913. The third-order valence-corrected chi connectivity index (χ3v) is 5.21. The molecule has 2 aromatic carbocycles. The highest BCUT2D eigenvalue weighted by Crippen LogP contribution is 2.24. The highest BCUT2D eigenvalue weighted by molar-refractivity contribution is 7.10. The topological polar surface area (TPSA) is 67.4 Å². The number of hydrogen-bond donors (Lipinski definition) is 2. The average Bonchev–Trinajstić information content (AvgIpc) is 3.22. The van der Waals surface area contributed by atoms with Gasteiger partial charge in [-0.25, -0.2) is 0 Å². The highest BCUT2D eigenvalue weighted by atomic mass is 35.5. The van der Waals surface area contributed by atoms with E-state index in [-0.39, 0.29) is 35.8 Å². The molecule has 28 heavy (non-hydrogen) atoms. The number of carbonyl (C=O) groups excluding carboxylic acids is 2. The van der Waals surface area contributed by atoms with Gasteiger partial charge in [0.1, 0.15) is 5.75 Å². The zero-order valence-corrected chi connectivity index (χ0v) is 16.7. The van der Waals surface area contributed by atoms with Crippen LogP contribution < -0.4 is 15.4 Å². The predicted octanol–water partition coefficient (Wildman–Crippen LogP) is 4.91. The first-order valence-corrected chi connectivity index (χ1v) is 9.90. The summed E-state index contributed by atoms with van der Waals surface area (Å²) < 4.78 is 5.60. The van der Waals surface area contributed by atoms with Crippen molar-refractivity contribution in [3.05, 3.63) is 81.5 Å². The van der Waals surface area contributed by atoms with Gasteiger partial charge in [0, 0.05) is 15.6 Å². The maximum Gasteiger partial charge on any atom is 0.259 e. The van der Waals surface area contributed by atoms with E-state index >= 15 is 0 Å². The maximum atomic E-state index is 12.6. The van der Waals surface area contributed by atoms with Gasteiger partial charge in [0.2, 0.25) is 0 Å². The van der Waals surface area contributed by atoms with Crippen LogP contribution in [-0.2, 0) is 4.79 Å². The van der Waals surface area contributed by atoms with Crippen LogP contribution in [0.5, 0.6) is 5.75 Å². The second kappa shape index (κ2) is 9.39. The number of ether oxygens (including phenoxy) is 1. The predicted molar refractivity (Wildman–Crippen MR) is 112 cm³/mol. The number of benzene rings is 2. The molecule has 144 valence electrons. The Bertz CT molecular complexity index is 946. The smallest absolute Gasteiger partial charge is 0.259 e. The van der Waals surface area contributed by atoms with Gasteiger partial charge in [0.25, 0.3) is 11.8 Å². The third kappa shape index (κ3) is 5.34. The summed E-state index contributed by atoms with van der Waals surface area (Å²) in [6, 6.07) is 17.6. The van der Waals surface area contributed by atoms with Crippen LogP contribution in [0.2, 0.25) is 5.02 Å². The molecule has 0 aliphatic heterocycles. The van der Waals surface area contributed by atoms with E-state index in [0.717, 1.165) is 4.88 Å². The van der Waals surface area contributed by atoms with Crippen LogP contribution in [0.3, 0.4) is 0 Å². The van der Waals surface area contributed by atoms with Crippen molar-refractivity contribution in [2.24, 2.45) is 0 Å². The summed E-state index contributed by atoms with van der Waals surface area (Å²) in [6.45, 7) is 1.70. The standard InChI is InChI=1S/C21H19ClN2O3S/c1-14(19-8-5-11-28-19)23-20(25)13-27-18-10-9-15(22)12-17(18)21(26)24-16-6-3-2-4-7-16/h2-12,14H,13H2,1H3,(H,23,25)(H,24,26). The lowest BCUT2D eigenvalue weighted by atomic mass is 10.2. The molecule has 1 atom stereocenters. The molecule has 3 rings (SSSR count). The minimum absolute atomic E-state index is 0.109. The van der Waals surface area contributed by atoms with E-state index in [9.17, 15) is 9.59 Å². The van der Waals surface area contributed by atoms with Crippen molar-refractivity contribution >= 4 is 40.4 Å². The van der Waals surface area contributed by atoms with Crippen molar-refractivity contribution in [3.63, 3.8) is 0 Å². The quantitative estimate of drug-likeness (QED) is 0.577. The Balaban J connectivity index is 1.65. The molecule has 2 N–H and O–H groups in total. The molecule has 5 nitrogen and oxygen atoms in total. The Hall–Kier alpha value is -2.83. The van der Waals surface area contributed by atoms with Gasteiger partial charge in [0.05, 0.1) is 11.6 Å². The molecule has 0 aliphatic carbocycles. The van der Waals surface area contributed by atoms with Crippen molar-refractivity contribution in [1.29, 1.82) is 0 Å². The highest BCUT2D eigenvalue weighted by Gasteiger charge is 2.16. The van der Waals surface area contributed by atoms with Crippen LogP contribution in [-0.4, -0.2) is 18.4 Å². The lowest BCUT2D eigenvalue weighted by molar-refractivity contribution is -0.123. The lowest BCUT2D eigenvalue weighted by Gasteiger charge is -2.15. The molecule has 3 aromatic rings. The number of amides is 2. The van der Waals surface area contributed by atoms with Crippen molar-refractivity contribution < 1.29 is 14.3 Å². The molecule has 0 fully saturated rings. The molecule has 0 saturated heterocycles. The summed E-state index contributed by atoms with van der Waals surface area (Å²) in [4.78, 5) is 25.9. The molecule has 0 aliphatic rings. The number of para-hydroxylation sites is 1. The van der Waals surface area contributed by atoms with Gasteiger partial charge in [-0.2, -0.15) is 0 Å². The second-order valence-electron chi connectivity index (χ2n) is 6.05. The van der Waals surface area contributed by atoms with E-state index in [0.29, 0.717) is 10.7 Å². The molecule has 0 bridgehead atoms. The molecular weight excluding hydrogens is 396 g/mol. The number of nitrogens with one attached hydrogen (secondary N) is 2. The largest absolute Gasteiger partial charge is 0.483 e. The SMILES string of the molecule is CC(NC(=O)COc1ccc(Cl)cc1C(=O)Nc1ccccc1)c1cccs1. The fourth-order valence-electron chi connectivity index (χ4n) is 2.56. The van der Waals surface area contributed by atoms with Gasteiger partial charge in [-0.1, -0.05) is 35.9 Å². The van der Waals surface area contributed by atoms with Crippen LogP contribution >= 0.6 is 22.9 Å². The summed E-state index contributed by atoms with van der Waals surface area (Å²) >= 11 is 7.61. The Morgan fingerprint density at radius 1 is 1.11 bits per heavy atom. The van der Waals surface area contributed by atoms with Crippen molar-refractivity contribution in [3.8, 4) is 5.75 Å². The third-order valence-electron chi connectivity index (χ3n) is 3.92. The molecule has 0 radical (unpaired) electrons. The summed E-state index contributed by atoms with van der Waals surface area (Å²) in [5, 5.41) is 8.02. The molecule has 1 heterocycles. The molecule has 0 saturated carbocycles. The normalized spacial score (nSPS) is 11.5. The fourth-order valence-corrected chi connectivity index (χ4v) is 3.47. The summed E-state index contributed by atoms with van der Waals surface area (Å²) in [6.07, 6.45) is 0. The Morgan fingerprint density at radius 3 is 2.61 bits per heavy atom. The van der Waals surface area contributed by atoms with Gasteiger partial charge in [-0.3, -0.25) is 9.59 Å². The molecule has 7 heteroatoms. The van der Waals surface area contributed by atoms with Gasteiger partial charge < -0.3 is 15.4 Å². The van der Waals surface area contributed by atoms with Gasteiger partial charge in [-0.05, 0) is 48.7 Å². The van der Waals surface area contributed by atoms with E-state index < -0.39 is 0 Å². The van der Waals surface area contributed by atoms with E-state index in [1.165, 1.54) is 6.07 Å². The first kappa shape index (κ1) is 19.9. The van der Waals surface area contributed by atoms with Crippen LogP contribution in [0, 0.1) is 0 Å². The summed E-state index contributed by atoms with van der Waals surface area (Å²) in [7, 11) is 0. The van der Waals surface area contributed by atoms with Gasteiger partial charge in [0.15, 0.2) is 6.61 Å². The fraction of sp³-hybridized carbons (Fsp3) is 0.143. The number of hydrogen-bond acceptors (Lipinski definition) is 4. The van der Waals surface area contributed by atoms with E-state index in [4.69, 9.17) is 16.3 Å². The number of rotatable bonds is 7. The van der Waals surface area contributed by atoms with Crippen LogP contribution in [0.25, 0.3) is 0 Å². The van der Waals surface area contributed by atoms with Crippen LogP contribution in [0.1, 0.15) is 28.2 Å². The van der Waals surface area contributed by atoms with Crippen molar-refractivity contribution in [2.75, 3.05) is 11.9 Å². The molecule has 0 spiro atoms. The van der Waals surface area contributed by atoms with Gasteiger partial charge in [-0.15, -0.1) is 11.3 Å². The number of halogens is 1. The number of anilines is 1. The van der Waals surface area contributed by atoms with Crippen LogP contribution in [0.4, 0.5) is 5.69 Å². The van der Waals surface area contributed by atoms with E-state index in [1.54, 1.807) is 35.6 Å². The number of carbonyl (C=O) groups is 2. The Labute approximate surface area is 172 Å². The molecular formula is C21H19ClN2O3S. The minimum atomic E-state index is -0.365. The maximum absolute atomic E-state index is 12.6. The van der Waals surface area contributed by atoms with Crippen molar-refractivity contribution in [1.82, 2.24) is 5.32 Å². The lowest BCUT2D eigenvalue weighted by Crippen LogP contribution is -2.31. The van der Waals surface area contributed by atoms with Crippen LogP contribution in [0.15, 0.2) is 66.0 Å². The Kier molecular flexibility index (Phi) is 6.68. The first-order valence-electron chi connectivity index (χ1n) is 8.64. The van der Waals surface area contributed by atoms with Crippen molar-refractivity contribution in [2.45, 2.75) is 13.0 Å².